The third-order valence-electron chi connectivity index (χ3n) is 7.39. The second-order valence-electron chi connectivity index (χ2n) is 10.5. The molecular formula is C29H40N8O4. The molecule has 2 bridgehead atoms. The minimum absolute atomic E-state index is 0.0393. The van der Waals surface area contributed by atoms with Crippen LogP contribution in [0.3, 0.4) is 0 Å². The molecule has 1 aliphatic heterocycles. The van der Waals surface area contributed by atoms with Gasteiger partial charge in [-0.1, -0.05) is 6.92 Å². The van der Waals surface area contributed by atoms with E-state index in [-0.39, 0.29) is 18.8 Å². The number of aromatic nitrogens is 7. The molecule has 12 heteroatoms. The van der Waals surface area contributed by atoms with Crippen LogP contribution in [0.15, 0.2) is 6.07 Å². The standard InChI is InChI=1S/C29H40N8O4/c1-8-36-13-18(4)41-29-26(24(16-39-7)33-35(29)6)23-12-21-22(31-32-27(21)19(5)30-23)11-10-20-25(14-36)37(17(3)15-38)34-28(20)40-9-2/h10-12,17-18,38H,8-9,13-16H2,1-7H3,(H,31,32)/b11-10+. The lowest BCUT2D eigenvalue weighted by Gasteiger charge is -2.26. The first kappa shape index (κ1) is 28.8. The van der Waals surface area contributed by atoms with Crippen LogP contribution in [0.2, 0.25) is 0 Å². The zero-order valence-corrected chi connectivity index (χ0v) is 24.9. The van der Waals surface area contributed by atoms with Gasteiger partial charge in [-0.2, -0.15) is 10.2 Å². The first-order valence-electron chi connectivity index (χ1n) is 14.1. The Hall–Kier alpha value is -3.74. The summed E-state index contributed by atoms with van der Waals surface area (Å²) < 4.78 is 21.7. The summed E-state index contributed by atoms with van der Waals surface area (Å²) >= 11 is 0. The van der Waals surface area contributed by atoms with E-state index in [1.54, 1.807) is 11.8 Å². The smallest absolute Gasteiger partial charge is 0.240 e. The van der Waals surface area contributed by atoms with Crippen molar-refractivity contribution in [2.75, 3.05) is 33.4 Å². The van der Waals surface area contributed by atoms with E-state index in [0.717, 1.165) is 57.0 Å². The Morgan fingerprint density at radius 1 is 1.24 bits per heavy atom. The van der Waals surface area contributed by atoms with E-state index in [9.17, 15) is 5.11 Å². The molecule has 0 saturated carbocycles. The Bertz CT molecular complexity index is 1550. The number of nitrogens with one attached hydrogen (secondary N) is 1. The number of hydrogen-bond donors (Lipinski definition) is 2. The van der Waals surface area contributed by atoms with Gasteiger partial charge in [-0.15, -0.1) is 5.10 Å². The van der Waals surface area contributed by atoms with Crippen LogP contribution >= 0.6 is 0 Å². The predicted octanol–water partition coefficient (Wildman–Crippen LogP) is 3.73. The summed E-state index contributed by atoms with van der Waals surface area (Å²) in [4.78, 5) is 7.23. The van der Waals surface area contributed by atoms with Gasteiger partial charge in [-0.05, 0) is 52.5 Å². The molecule has 0 aromatic carbocycles. The highest BCUT2D eigenvalue weighted by Gasteiger charge is 2.27. The third kappa shape index (κ3) is 5.46. The molecule has 1 aliphatic rings. The van der Waals surface area contributed by atoms with E-state index in [1.165, 1.54) is 0 Å². The monoisotopic (exact) mass is 564 g/mol. The number of hydrogen-bond acceptors (Lipinski definition) is 9. The topological polar surface area (TPSA) is 128 Å². The molecule has 41 heavy (non-hydrogen) atoms. The highest BCUT2D eigenvalue weighted by Crippen LogP contribution is 2.37. The number of likely N-dealkylation sites (N-methyl/N-ethyl adjacent to an activating group) is 1. The van der Waals surface area contributed by atoms with Gasteiger partial charge in [0.05, 0.1) is 59.8 Å². The fourth-order valence-electron chi connectivity index (χ4n) is 5.38. The predicted molar refractivity (Wildman–Crippen MR) is 157 cm³/mol. The second-order valence-corrected chi connectivity index (χ2v) is 10.5. The van der Waals surface area contributed by atoms with Crippen molar-refractivity contribution in [1.29, 1.82) is 0 Å². The van der Waals surface area contributed by atoms with Gasteiger partial charge < -0.3 is 19.3 Å². The van der Waals surface area contributed by atoms with Crippen molar-refractivity contribution in [3.8, 4) is 23.0 Å². The van der Waals surface area contributed by atoms with Crippen molar-refractivity contribution >= 4 is 23.1 Å². The Morgan fingerprint density at radius 2 is 2.05 bits per heavy atom. The van der Waals surface area contributed by atoms with Crippen molar-refractivity contribution in [2.45, 2.75) is 59.9 Å². The summed E-state index contributed by atoms with van der Waals surface area (Å²) in [5.74, 6) is 1.18. The number of aliphatic hydroxyl groups is 1. The van der Waals surface area contributed by atoms with Gasteiger partial charge in [-0.3, -0.25) is 19.7 Å². The molecule has 2 unspecified atom stereocenters. The third-order valence-corrected chi connectivity index (χ3v) is 7.39. The van der Waals surface area contributed by atoms with E-state index < -0.39 is 0 Å². The van der Waals surface area contributed by atoms with Crippen LogP contribution in [0.1, 0.15) is 62.1 Å². The molecule has 0 radical (unpaired) electrons. The zero-order valence-electron chi connectivity index (χ0n) is 24.9. The molecule has 4 aromatic heterocycles. The Morgan fingerprint density at radius 3 is 2.76 bits per heavy atom. The summed E-state index contributed by atoms with van der Waals surface area (Å²) in [6.07, 6.45) is 3.86. The van der Waals surface area contributed by atoms with Gasteiger partial charge >= 0.3 is 0 Å². The molecule has 220 valence electrons. The highest BCUT2D eigenvalue weighted by molar-refractivity contribution is 5.93. The van der Waals surface area contributed by atoms with E-state index in [4.69, 9.17) is 29.4 Å². The number of fused-ring (bicyclic) bond motifs is 4. The zero-order chi connectivity index (χ0) is 29.3. The summed E-state index contributed by atoms with van der Waals surface area (Å²) in [6, 6.07) is 1.81. The van der Waals surface area contributed by atoms with Crippen LogP contribution in [-0.2, 0) is 24.9 Å². The minimum Gasteiger partial charge on any atom is -0.476 e. The van der Waals surface area contributed by atoms with E-state index in [2.05, 4.69) is 28.9 Å². The molecule has 0 saturated heterocycles. The van der Waals surface area contributed by atoms with Crippen molar-refractivity contribution < 1.29 is 19.3 Å². The van der Waals surface area contributed by atoms with Gasteiger partial charge in [0.1, 0.15) is 17.3 Å². The molecule has 2 atom stereocenters. The summed E-state index contributed by atoms with van der Waals surface area (Å²) in [5, 5.41) is 28.3. The Kier molecular flexibility index (Phi) is 8.43. The number of rotatable bonds is 7. The fraction of sp³-hybridized carbons (Fsp3) is 0.517. The molecule has 5 heterocycles. The fourth-order valence-corrected chi connectivity index (χ4v) is 5.38. The number of aryl methyl sites for hydroxylation is 2. The van der Waals surface area contributed by atoms with E-state index in [0.29, 0.717) is 38.1 Å². The summed E-state index contributed by atoms with van der Waals surface area (Å²) in [5.41, 5.74) is 6.56. The number of nitrogens with zero attached hydrogens (tertiary/aromatic N) is 7. The van der Waals surface area contributed by atoms with Gasteiger partial charge in [0, 0.05) is 32.6 Å². The van der Waals surface area contributed by atoms with Gasteiger partial charge in [-0.25, -0.2) is 4.68 Å². The number of pyridine rings is 1. The van der Waals surface area contributed by atoms with Crippen molar-refractivity contribution in [2.24, 2.45) is 7.05 Å². The second kappa shape index (κ2) is 12.0. The summed E-state index contributed by atoms with van der Waals surface area (Å²) in [7, 11) is 3.54. The normalized spacial score (nSPS) is 17.5. The van der Waals surface area contributed by atoms with E-state index in [1.807, 2.05) is 50.7 Å². The molecular weight excluding hydrogens is 524 g/mol. The lowest BCUT2D eigenvalue weighted by atomic mass is 10.1. The maximum absolute atomic E-state index is 10.0. The van der Waals surface area contributed by atoms with Crippen LogP contribution < -0.4 is 9.47 Å². The molecule has 5 rings (SSSR count). The molecule has 4 aromatic rings. The SMILES string of the molecule is CCOc1nn(C(C)CO)c2c1/C=C/c1[nH]nc3c(C)nc(cc13)-c1c(COC)nn(C)c1OC(C)CN(CC)C2. The number of H-pyrrole nitrogens is 1. The van der Waals surface area contributed by atoms with Gasteiger partial charge in [0.25, 0.3) is 0 Å². The summed E-state index contributed by atoms with van der Waals surface area (Å²) in [6.45, 7) is 12.8. The van der Waals surface area contributed by atoms with Crippen LogP contribution in [0.5, 0.6) is 11.8 Å². The molecule has 0 aliphatic carbocycles. The van der Waals surface area contributed by atoms with Crippen molar-refractivity contribution in [3.63, 3.8) is 0 Å². The van der Waals surface area contributed by atoms with Crippen molar-refractivity contribution in [3.05, 3.63) is 34.4 Å². The molecule has 0 fully saturated rings. The highest BCUT2D eigenvalue weighted by atomic mass is 16.5. The average molecular weight is 565 g/mol. The first-order chi connectivity index (χ1) is 19.8. The molecule has 0 spiro atoms. The number of aromatic amines is 1. The Labute approximate surface area is 239 Å². The van der Waals surface area contributed by atoms with Crippen LogP contribution in [0.4, 0.5) is 0 Å². The maximum Gasteiger partial charge on any atom is 0.240 e. The maximum atomic E-state index is 10.0. The molecule has 2 N–H and O–H groups in total. The van der Waals surface area contributed by atoms with Crippen LogP contribution in [-0.4, -0.2) is 84.3 Å². The quantitative estimate of drug-likeness (QED) is 0.345. The minimum atomic E-state index is -0.221. The molecule has 12 nitrogen and oxygen atoms in total. The lowest BCUT2D eigenvalue weighted by molar-refractivity contribution is 0.132. The van der Waals surface area contributed by atoms with Gasteiger partial charge in [0.2, 0.25) is 11.8 Å². The van der Waals surface area contributed by atoms with Crippen LogP contribution in [0, 0.1) is 6.92 Å². The average Bonchev–Trinajstić information content (AvgIpc) is 3.60. The Balaban J connectivity index is 1.76. The number of ether oxygens (including phenoxy) is 3. The largest absolute Gasteiger partial charge is 0.476 e. The molecule has 0 amide bonds. The van der Waals surface area contributed by atoms with Crippen molar-refractivity contribution in [1.82, 2.24) is 39.6 Å². The number of methoxy groups -OCH3 is 1. The van der Waals surface area contributed by atoms with Crippen LogP contribution in [0.25, 0.3) is 34.3 Å². The van der Waals surface area contributed by atoms with E-state index >= 15 is 0 Å². The lowest BCUT2D eigenvalue weighted by Crippen LogP contribution is -2.35. The first-order valence-corrected chi connectivity index (χ1v) is 14.1. The number of aliphatic hydroxyl groups excluding tert-OH is 1. The van der Waals surface area contributed by atoms with Gasteiger partial charge in [0.15, 0.2) is 0 Å².